The minimum absolute atomic E-state index is 0.132. The summed E-state index contributed by atoms with van der Waals surface area (Å²) in [5, 5.41) is 0.971. The average molecular weight is 474 g/mol. The Hall–Kier alpha value is -1.12. The lowest BCUT2D eigenvalue weighted by atomic mass is 9.89. The molecule has 30 heavy (non-hydrogen) atoms. The second-order valence-electron chi connectivity index (χ2n) is 8.52. The Kier molecular flexibility index (Phi) is 13.1. The summed E-state index contributed by atoms with van der Waals surface area (Å²) in [7, 11) is 0. The molecule has 1 aromatic carbocycles. The third-order valence-corrected chi connectivity index (χ3v) is 6.33. The third kappa shape index (κ3) is 10.3. The van der Waals surface area contributed by atoms with Crippen molar-refractivity contribution in [3.05, 3.63) is 65.8 Å². The predicted molar refractivity (Wildman–Crippen MR) is 136 cm³/mol. The summed E-state index contributed by atoms with van der Waals surface area (Å²) in [6.07, 6.45) is 26.8. The Morgan fingerprint density at radius 3 is 2.17 bits per heavy atom. The molecule has 0 fully saturated rings. The average Bonchev–Trinajstić information content (AvgIpc) is 2.78. The van der Waals surface area contributed by atoms with Crippen LogP contribution in [0.4, 0.5) is 0 Å². The zero-order chi connectivity index (χ0) is 21.3. The summed E-state index contributed by atoms with van der Waals surface area (Å²) in [5.74, 6) is 0. The predicted octanol–water partition coefficient (Wildman–Crippen LogP) is 9.05. The van der Waals surface area contributed by atoms with Crippen LogP contribution in [0.5, 0.6) is 0 Å². The lowest BCUT2D eigenvalue weighted by molar-refractivity contribution is -0.0109. The van der Waals surface area contributed by atoms with Gasteiger partial charge < -0.3 is 4.74 Å². The molecule has 166 valence electrons. The number of benzene rings is 1. The van der Waals surface area contributed by atoms with Crippen LogP contribution in [0.3, 0.4) is 0 Å². The zero-order valence-electron chi connectivity index (χ0n) is 19.0. The zero-order valence-corrected chi connectivity index (χ0v) is 20.5. The van der Waals surface area contributed by atoms with Crippen molar-refractivity contribution in [3.63, 3.8) is 0 Å². The molecule has 1 unspecified atom stereocenters. The van der Waals surface area contributed by atoms with Gasteiger partial charge >= 0.3 is 0 Å². The number of halogens is 1. The highest BCUT2D eigenvalue weighted by molar-refractivity contribution is 9.09. The van der Waals surface area contributed by atoms with Gasteiger partial charge in [0, 0.05) is 11.9 Å². The molecule has 0 N–H and O–H groups in total. The summed E-state index contributed by atoms with van der Waals surface area (Å²) in [6.45, 7) is 3.16. The van der Waals surface area contributed by atoms with E-state index in [1.165, 1.54) is 75.3 Å². The van der Waals surface area contributed by atoms with Gasteiger partial charge in [0.1, 0.15) is 0 Å². The molecular formula is C28H41BrO. The Morgan fingerprint density at radius 1 is 0.900 bits per heavy atom. The van der Waals surface area contributed by atoms with E-state index in [9.17, 15) is 0 Å². The first-order valence-corrected chi connectivity index (χ1v) is 13.2. The highest BCUT2D eigenvalue weighted by atomic mass is 79.9. The molecule has 1 atom stereocenters. The quantitative estimate of drug-likeness (QED) is 0.172. The van der Waals surface area contributed by atoms with Gasteiger partial charge in [0.05, 0.1) is 5.60 Å². The van der Waals surface area contributed by atoms with E-state index in [0.29, 0.717) is 0 Å². The van der Waals surface area contributed by atoms with E-state index in [2.05, 4.69) is 83.6 Å². The minimum atomic E-state index is -0.132. The van der Waals surface area contributed by atoms with Gasteiger partial charge in [-0.3, -0.25) is 0 Å². The second kappa shape index (κ2) is 15.6. The fourth-order valence-electron chi connectivity index (χ4n) is 3.94. The molecule has 0 aromatic heterocycles. The fraction of sp³-hybridized carbons (Fsp3) is 0.571. The number of rotatable bonds is 16. The van der Waals surface area contributed by atoms with Crippen LogP contribution in [0.1, 0.15) is 89.5 Å². The van der Waals surface area contributed by atoms with Gasteiger partial charge in [0.25, 0.3) is 0 Å². The highest BCUT2D eigenvalue weighted by Gasteiger charge is 2.28. The first-order chi connectivity index (χ1) is 14.8. The lowest BCUT2D eigenvalue weighted by Gasteiger charge is -2.32. The molecule has 0 radical (unpaired) electrons. The minimum Gasteiger partial charge on any atom is -0.371 e. The monoisotopic (exact) mass is 472 g/mol. The van der Waals surface area contributed by atoms with Crippen LogP contribution >= 0.6 is 15.9 Å². The summed E-state index contributed by atoms with van der Waals surface area (Å²) in [5.41, 5.74) is 2.38. The SMILES string of the molecule is CCCCCCCCCCCCOC1(CCBr)C=CC(C=Cc2ccccc2)=CC1. The third-order valence-electron chi connectivity index (χ3n) is 5.94. The van der Waals surface area contributed by atoms with Crippen molar-refractivity contribution < 1.29 is 4.74 Å². The first-order valence-electron chi connectivity index (χ1n) is 12.1. The van der Waals surface area contributed by atoms with Crippen LogP contribution < -0.4 is 0 Å². The van der Waals surface area contributed by atoms with Crippen molar-refractivity contribution >= 4 is 22.0 Å². The highest BCUT2D eigenvalue weighted by Crippen LogP contribution is 2.30. The lowest BCUT2D eigenvalue weighted by Crippen LogP contribution is -2.32. The number of ether oxygens (including phenoxy) is 1. The van der Waals surface area contributed by atoms with E-state index in [-0.39, 0.29) is 5.60 Å². The second-order valence-corrected chi connectivity index (χ2v) is 9.31. The summed E-state index contributed by atoms with van der Waals surface area (Å²) in [6, 6.07) is 10.5. The molecule has 0 saturated carbocycles. The number of hydrogen-bond donors (Lipinski definition) is 0. The Labute approximate surface area is 193 Å². The number of hydrogen-bond acceptors (Lipinski definition) is 1. The smallest absolute Gasteiger partial charge is 0.0908 e. The summed E-state index contributed by atoms with van der Waals surface area (Å²) < 4.78 is 6.41. The maximum Gasteiger partial charge on any atom is 0.0908 e. The molecule has 0 amide bonds. The van der Waals surface area contributed by atoms with Crippen molar-refractivity contribution in [1.82, 2.24) is 0 Å². The van der Waals surface area contributed by atoms with Crippen molar-refractivity contribution in [3.8, 4) is 0 Å². The Balaban J connectivity index is 1.64. The largest absolute Gasteiger partial charge is 0.371 e. The number of allylic oxidation sites excluding steroid dienone is 3. The van der Waals surface area contributed by atoms with Gasteiger partial charge in [-0.2, -0.15) is 0 Å². The van der Waals surface area contributed by atoms with E-state index in [1.54, 1.807) is 0 Å². The Morgan fingerprint density at radius 2 is 1.57 bits per heavy atom. The molecule has 2 heteroatoms. The molecule has 2 rings (SSSR count). The molecule has 1 nitrogen and oxygen atoms in total. The molecule has 1 aliphatic rings. The molecule has 0 spiro atoms. The maximum absolute atomic E-state index is 6.41. The van der Waals surface area contributed by atoms with Crippen molar-refractivity contribution in [2.75, 3.05) is 11.9 Å². The molecular weight excluding hydrogens is 432 g/mol. The molecule has 1 aromatic rings. The van der Waals surface area contributed by atoms with Gasteiger partial charge in [-0.15, -0.1) is 0 Å². The van der Waals surface area contributed by atoms with Crippen LogP contribution in [0.25, 0.3) is 6.08 Å². The van der Waals surface area contributed by atoms with E-state index in [1.807, 2.05) is 0 Å². The van der Waals surface area contributed by atoms with Crippen LogP contribution in [0.2, 0.25) is 0 Å². The van der Waals surface area contributed by atoms with Gasteiger partial charge in [-0.05, 0) is 30.4 Å². The number of alkyl halides is 1. The van der Waals surface area contributed by atoms with Gasteiger partial charge in [-0.1, -0.05) is 141 Å². The van der Waals surface area contributed by atoms with Crippen LogP contribution in [-0.2, 0) is 4.74 Å². The fourth-order valence-corrected chi connectivity index (χ4v) is 4.62. The summed E-state index contributed by atoms with van der Waals surface area (Å²) in [4.78, 5) is 0. The normalized spacial score (nSPS) is 18.8. The van der Waals surface area contributed by atoms with Crippen LogP contribution in [0.15, 0.2) is 60.2 Å². The molecule has 0 heterocycles. The topological polar surface area (TPSA) is 9.23 Å². The summed E-state index contributed by atoms with van der Waals surface area (Å²) >= 11 is 3.62. The van der Waals surface area contributed by atoms with E-state index in [0.717, 1.165) is 24.8 Å². The first kappa shape index (κ1) is 25.1. The van der Waals surface area contributed by atoms with E-state index in [4.69, 9.17) is 4.74 Å². The van der Waals surface area contributed by atoms with Gasteiger partial charge in [0.2, 0.25) is 0 Å². The molecule has 0 bridgehead atoms. The van der Waals surface area contributed by atoms with Crippen LogP contribution in [0, 0.1) is 0 Å². The Bertz CT molecular complexity index is 646. The van der Waals surface area contributed by atoms with Crippen molar-refractivity contribution in [1.29, 1.82) is 0 Å². The van der Waals surface area contributed by atoms with Crippen LogP contribution in [-0.4, -0.2) is 17.5 Å². The standard InChI is InChI=1S/C28H41BrO/c1-2-3-4-5-6-7-8-9-10-14-25-30-28(23-24-29)21-19-27(20-22-28)18-17-26-15-12-11-13-16-26/h11-13,15-21H,2-10,14,22-25H2,1H3. The molecule has 1 aliphatic carbocycles. The number of unbranched alkanes of at least 4 members (excludes halogenated alkanes) is 9. The van der Waals surface area contributed by atoms with Crippen molar-refractivity contribution in [2.24, 2.45) is 0 Å². The van der Waals surface area contributed by atoms with Gasteiger partial charge in [-0.25, -0.2) is 0 Å². The van der Waals surface area contributed by atoms with E-state index >= 15 is 0 Å². The van der Waals surface area contributed by atoms with Crippen molar-refractivity contribution in [2.45, 2.75) is 89.6 Å². The maximum atomic E-state index is 6.41. The van der Waals surface area contributed by atoms with E-state index < -0.39 is 0 Å². The molecule has 0 aliphatic heterocycles. The molecule has 0 saturated heterocycles. The van der Waals surface area contributed by atoms with Gasteiger partial charge in [0.15, 0.2) is 0 Å².